The van der Waals surface area contributed by atoms with Gasteiger partial charge in [0.05, 0.1) is 12.0 Å². The summed E-state index contributed by atoms with van der Waals surface area (Å²) in [5, 5.41) is 10.3. The molecule has 0 unspecified atom stereocenters. The number of benzene rings is 2. The molecule has 0 aliphatic rings. The number of fused-ring (bicyclic) bond motifs is 1. The zero-order valence-electron chi connectivity index (χ0n) is 12.4. The smallest absolute Gasteiger partial charge is 0.372 e. The molecule has 1 heterocycles. The Bertz CT molecular complexity index is 922. The maximum Gasteiger partial charge on any atom is 0.372 e. The molecule has 23 heavy (non-hydrogen) atoms. The van der Waals surface area contributed by atoms with Gasteiger partial charge in [-0.15, -0.1) is 0 Å². The molecule has 0 aliphatic carbocycles. The third-order valence-corrected chi connectivity index (χ3v) is 3.49. The van der Waals surface area contributed by atoms with Crippen LogP contribution in [0.15, 0.2) is 57.7 Å². The number of carboxylic acid groups (broad SMARTS) is 1. The normalized spacial score (nSPS) is 10.7. The summed E-state index contributed by atoms with van der Waals surface area (Å²) in [7, 11) is 0. The van der Waals surface area contributed by atoms with Crippen molar-refractivity contribution >= 4 is 16.7 Å². The number of ether oxygens (including phenoxy) is 1. The van der Waals surface area contributed by atoms with Crippen LogP contribution in [-0.2, 0) is 0 Å². The van der Waals surface area contributed by atoms with E-state index in [0.29, 0.717) is 34.3 Å². The minimum absolute atomic E-state index is 0.349. The third kappa shape index (κ3) is 2.68. The highest BCUT2D eigenvalue weighted by Crippen LogP contribution is 2.31. The summed E-state index contributed by atoms with van der Waals surface area (Å²) >= 11 is 0. The van der Waals surface area contributed by atoms with Crippen LogP contribution in [0.4, 0.5) is 0 Å². The van der Waals surface area contributed by atoms with Gasteiger partial charge >= 0.3 is 11.6 Å². The average molecular weight is 310 g/mol. The van der Waals surface area contributed by atoms with E-state index in [1.165, 1.54) is 0 Å². The molecule has 5 nitrogen and oxygen atoms in total. The molecule has 0 aliphatic heterocycles. The zero-order chi connectivity index (χ0) is 16.4. The maximum absolute atomic E-state index is 12.0. The SMILES string of the molecule is CCOc1ccc(-c2c(C(=O)O)oc(=O)c3ccccc23)cc1. The number of hydrogen-bond donors (Lipinski definition) is 1. The van der Waals surface area contributed by atoms with E-state index in [1.54, 1.807) is 48.5 Å². The van der Waals surface area contributed by atoms with Crippen LogP contribution < -0.4 is 10.4 Å². The van der Waals surface area contributed by atoms with Crippen molar-refractivity contribution in [3.8, 4) is 16.9 Å². The van der Waals surface area contributed by atoms with Crippen molar-refractivity contribution in [2.45, 2.75) is 6.92 Å². The minimum Gasteiger partial charge on any atom is -0.494 e. The van der Waals surface area contributed by atoms with Crippen LogP contribution in [0, 0.1) is 0 Å². The Morgan fingerprint density at radius 3 is 2.35 bits per heavy atom. The summed E-state index contributed by atoms with van der Waals surface area (Å²) < 4.78 is 10.4. The fourth-order valence-electron chi connectivity index (χ4n) is 2.52. The summed E-state index contributed by atoms with van der Waals surface area (Å²) in [4.78, 5) is 23.5. The Morgan fingerprint density at radius 1 is 1.09 bits per heavy atom. The van der Waals surface area contributed by atoms with Gasteiger partial charge in [0.15, 0.2) is 0 Å². The molecule has 0 bridgehead atoms. The first-order chi connectivity index (χ1) is 11.1. The summed E-state index contributed by atoms with van der Waals surface area (Å²) in [6.45, 7) is 2.43. The lowest BCUT2D eigenvalue weighted by atomic mass is 9.98. The lowest BCUT2D eigenvalue weighted by Crippen LogP contribution is -2.09. The largest absolute Gasteiger partial charge is 0.494 e. The first-order valence-corrected chi connectivity index (χ1v) is 7.14. The molecule has 1 aromatic heterocycles. The molecule has 5 heteroatoms. The van der Waals surface area contributed by atoms with E-state index in [0.717, 1.165) is 0 Å². The van der Waals surface area contributed by atoms with E-state index in [-0.39, 0.29) is 5.76 Å². The number of carboxylic acids is 1. The Kier molecular flexibility index (Phi) is 3.85. The molecule has 0 spiro atoms. The lowest BCUT2D eigenvalue weighted by Gasteiger charge is -2.10. The fourth-order valence-corrected chi connectivity index (χ4v) is 2.52. The van der Waals surface area contributed by atoms with Gasteiger partial charge in [0.2, 0.25) is 5.76 Å². The average Bonchev–Trinajstić information content (AvgIpc) is 2.56. The van der Waals surface area contributed by atoms with Gasteiger partial charge in [0.25, 0.3) is 0 Å². The highest BCUT2D eigenvalue weighted by Gasteiger charge is 2.20. The predicted octanol–water partition coefficient (Wildman–Crippen LogP) is 3.56. The zero-order valence-corrected chi connectivity index (χ0v) is 12.4. The van der Waals surface area contributed by atoms with E-state index in [4.69, 9.17) is 9.15 Å². The summed E-state index contributed by atoms with van der Waals surface area (Å²) in [5.74, 6) is -0.954. The molecule has 116 valence electrons. The Morgan fingerprint density at radius 2 is 1.74 bits per heavy atom. The van der Waals surface area contributed by atoms with Crippen LogP contribution in [0.3, 0.4) is 0 Å². The first-order valence-electron chi connectivity index (χ1n) is 7.14. The van der Waals surface area contributed by atoms with E-state index in [9.17, 15) is 14.7 Å². The Hall–Kier alpha value is -3.08. The third-order valence-electron chi connectivity index (χ3n) is 3.49. The fraction of sp³-hybridized carbons (Fsp3) is 0.111. The lowest BCUT2D eigenvalue weighted by molar-refractivity contribution is 0.0659. The Labute approximate surface area is 131 Å². The number of rotatable bonds is 4. The van der Waals surface area contributed by atoms with Gasteiger partial charge < -0.3 is 14.3 Å². The van der Waals surface area contributed by atoms with Gasteiger partial charge in [0, 0.05) is 10.9 Å². The van der Waals surface area contributed by atoms with Crippen molar-refractivity contribution in [1.82, 2.24) is 0 Å². The molecule has 0 saturated heterocycles. The van der Waals surface area contributed by atoms with Crippen molar-refractivity contribution in [3.05, 3.63) is 64.7 Å². The number of aromatic carboxylic acids is 1. The second-order valence-electron chi connectivity index (χ2n) is 4.90. The molecule has 0 fully saturated rings. The van der Waals surface area contributed by atoms with Crippen molar-refractivity contribution in [2.75, 3.05) is 6.61 Å². The van der Waals surface area contributed by atoms with Gasteiger partial charge in [-0.25, -0.2) is 9.59 Å². The van der Waals surface area contributed by atoms with Crippen LogP contribution in [-0.4, -0.2) is 17.7 Å². The molecule has 0 amide bonds. The number of hydrogen-bond acceptors (Lipinski definition) is 4. The maximum atomic E-state index is 12.0. The molecule has 0 saturated carbocycles. The van der Waals surface area contributed by atoms with Crippen LogP contribution in [0.5, 0.6) is 5.75 Å². The van der Waals surface area contributed by atoms with E-state index in [1.807, 2.05) is 6.92 Å². The van der Waals surface area contributed by atoms with Gasteiger partial charge in [-0.3, -0.25) is 0 Å². The summed E-state index contributed by atoms with van der Waals surface area (Å²) in [6.07, 6.45) is 0. The van der Waals surface area contributed by atoms with Gasteiger partial charge in [-0.2, -0.15) is 0 Å². The highest BCUT2D eigenvalue weighted by molar-refractivity contribution is 6.04. The van der Waals surface area contributed by atoms with E-state index >= 15 is 0 Å². The topological polar surface area (TPSA) is 76.7 Å². The van der Waals surface area contributed by atoms with Crippen LogP contribution in [0.2, 0.25) is 0 Å². The van der Waals surface area contributed by atoms with E-state index < -0.39 is 11.6 Å². The van der Waals surface area contributed by atoms with Gasteiger partial charge in [0.1, 0.15) is 5.75 Å². The second kappa shape index (κ2) is 5.96. The molecule has 2 aromatic carbocycles. The van der Waals surface area contributed by atoms with Gasteiger partial charge in [-0.1, -0.05) is 30.3 Å². The van der Waals surface area contributed by atoms with Crippen molar-refractivity contribution in [3.63, 3.8) is 0 Å². The van der Waals surface area contributed by atoms with Crippen LogP contribution in [0.1, 0.15) is 17.5 Å². The number of carbonyl (C=O) groups is 1. The molecule has 0 atom stereocenters. The predicted molar refractivity (Wildman–Crippen MR) is 86.0 cm³/mol. The highest BCUT2D eigenvalue weighted by atomic mass is 16.5. The van der Waals surface area contributed by atoms with E-state index in [2.05, 4.69) is 0 Å². The van der Waals surface area contributed by atoms with Crippen molar-refractivity contribution < 1.29 is 19.1 Å². The van der Waals surface area contributed by atoms with Gasteiger partial charge in [-0.05, 0) is 30.7 Å². The standard InChI is InChI=1S/C18H14O5/c1-2-22-12-9-7-11(8-10-12)15-13-5-3-4-6-14(13)18(21)23-16(15)17(19)20/h3-10H,2H2,1H3,(H,19,20). The quantitative estimate of drug-likeness (QED) is 0.797. The minimum atomic E-state index is -1.28. The molecule has 1 N–H and O–H groups in total. The molecule has 3 rings (SSSR count). The summed E-state index contributed by atoms with van der Waals surface area (Å²) in [5.41, 5.74) is 0.370. The molecular formula is C18H14O5. The van der Waals surface area contributed by atoms with Crippen molar-refractivity contribution in [2.24, 2.45) is 0 Å². The summed E-state index contributed by atoms with van der Waals surface area (Å²) in [6, 6.07) is 13.8. The van der Waals surface area contributed by atoms with Crippen LogP contribution >= 0.6 is 0 Å². The molecule has 3 aromatic rings. The monoisotopic (exact) mass is 310 g/mol. The molecular weight excluding hydrogens is 296 g/mol. The molecule has 0 radical (unpaired) electrons. The first kappa shape index (κ1) is 14.8. The van der Waals surface area contributed by atoms with Crippen molar-refractivity contribution in [1.29, 1.82) is 0 Å². The van der Waals surface area contributed by atoms with Crippen LogP contribution in [0.25, 0.3) is 21.9 Å². The Balaban J connectivity index is 2.30. The second-order valence-corrected chi connectivity index (χ2v) is 4.90.